The number of anilines is 3. The maximum atomic E-state index is 12.5. The molecule has 2 heterocycles. The summed E-state index contributed by atoms with van der Waals surface area (Å²) >= 11 is 1.29. The van der Waals surface area contributed by atoms with Crippen molar-refractivity contribution in [1.82, 2.24) is 4.98 Å². The Kier molecular flexibility index (Phi) is 6.99. The highest BCUT2D eigenvalue weighted by molar-refractivity contribution is 7.93. The van der Waals surface area contributed by atoms with Gasteiger partial charge in [-0.3, -0.25) is 14.0 Å². The van der Waals surface area contributed by atoms with Crippen LogP contribution in [0.4, 0.5) is 16.5 Å². The van der Waals surface area contributed by atoms with Gasteiger partial charge in [0.1, 0.15) is 6.61 Å². The first-order valence-corrected chi connectivity index (χ1v) is 13.4. The van der Waals surface area contributed by atoms with Gasteiger partial charge >= 0.3 is 5.97 Å². The molecule has 0 unspecified atom stereocenters. The quantitative estimate of drug-likeness (QED) is 0.450. The Balaban J connectivity index is 1.41. The van der Waals surface area contributed by atoms with Gasteiger partial charge in [0.2, 0.25) is 15.9 Å². The number of benzene rings is 2. The maximum absolute atomic E-state index is 12.5. The first kappa shape index (κ1) is 23.9. The van der Waals surface area contributed by atoms with Crippen LogP contribution in [-0.2, 0) is 32.6 Å². The van der Waals surface area contributed by atoms with Gasteiger partial charge in [0.25, 0.3) is 0 Å². The molecule has 178 valence electrons. The Morgan fingerprint density at radius 2 is 1.82 bits per heavy atom. The molecule has 0 spiro atoms. The second-order valence-corrected chi connectivity index (χ2v) is 10.7. The van der Waals surface area contributed by atoms with Crippen LogP contribution in [-0.4, -0.2) is 37.6 Å². The minimum Gasteiger partial charge on any atom is -0.456 e. The summed E-state index contributed by atoms with van der Waals surface area (Å²) in [6, 6.07) is 14.0. The molecule has 0 radical (unpaired) electrons. The minimum atomic E-state index is -3.27. The average molecular weight is 500 g/mol. The maximum Gasteiger partial charge on any atom is 0.338 e. The Morgan fingerprint density at radius 1 is 1.12 bits per heavy atom. The summed E-state index contributed by atoms with van der Waals surface area (Å²) in [5.74, 6) is -0.566. The van der Waals surface area contributed by atoms with Crippen molar-refractivity contribution in [3.63, 3.8) is 0 Å². The number of carbonyl (C=O) groups excluding carboxylic acids is 2. The number of carbonyl (C=O) groups is 2. The molecule has 3 aromatic rings. The third kappa shape index (κ3) is 5.13. The fourth-order valence-corrected chi connectivity index (χ4v) is 6.13. The summed E-state index contributed by atoms with van der Waals surface area (Å²) in [5, 5.41) is 2.25. The van der Waals surface area contributed by atoms with Crippen LogP contribution >= 0.6 is 11.3 Å². The van der Waals surface area contributed by atoms with Crippen molar-refractivity contribution < 1.29 is 22.7 Å². The molecule has 2 aromatic carbocycles. The second kappa shape index (κ2) is 9.94. The van der Waals surface area contributed by atoms with E-state index in [4.69, 9.17) is 4.74 Å². The zero-order chi connectivity index (χ0) is 24.3. The lowest BCUT2D eigenvalue weighted by Crippen LogP contribution is -2.25. The van der Waals surface area contributed by atoms with Crippen molar-refractivity contribution in [3.05, 3.63) is 70.7 Å². The van der Waals surface area contributed by atoms with E-state index in [0.29, 0.717) is 35.0 Å². The van der Waals surface area contributed by atoms with Crippen LogP contribution in [0, 0.1) is 0 Å². The summed E-state index contributed by atoms with van der Waals surface area (Å²) in [7, 11) is -3.27. The van der Waals surface area contributed by atoms with Crippen molar-refractivity contribution in [1.29, 1.82) is 0 Å². The SMILES string of the molecule is CCc1ccc(N(C(C)=O)c2nc(COC(=O)c3ccc(N4CCCS4(=O)=O)cc3)cs2)cc1. The molecule has 0 N–H and O–H groups in total. The first-order valence-electron chi connectivity index (χ1n) is 10.9. The van der Waals surface area contributed by atoms with Gasteiger partial charge in [-0.2, -0.15) is 0 Å². The third-order valence-electron chi connectivity index (χ3n) is 5.49. The van der Waals surface area contributed by atoms with E-state index in [0.717, 1.165) is 12.1 Å². The van der Waals surface area contributed by atoms with Gasteiger partial charge in [-0.05, 0) is 54.8 Å². The van der Waals surface area contributed by atoms with Crippen molar-refractivity contribution in [2.45, 2.75) is 33.3 Å². The molecule has 1 saturated heterocycles. The van der Waals surface area contributed by atoms with E-state index < -0.39 is 16.0 Å². The Hall–Kier alpha value is -3.24. The largest absolute Gasteiger partial charge is 0.456 e. The lowest BCUT2D eigenvalue weighted by atomic mass is 10.1. The highest BCUT2D eigenvalue weighted by atomic mass is 32.2. The molecule has 10 heteroatoms. The summed E-state index contributed by atoms with van der Waals surface area (Å²) in [5.41, 5.74) is 3.29. The normalized spacial score (nSPS) is 14.7. The second-order valence-electron chi connectivity index (χ2n) is 7.86. The van der Waals surface area contributed by atoms with Crippen LogP contribution in [0.25, 0.3) is 0 Å². The van der Waals surface area contributed by atoms with Crippen LogP contribution in [0.2, 0.25) is 0 Å². The van der Waals surface area contributed by atoms with E-state index in [-0.39, 0.29) is 18.3 Å². The predicted octanol–water partition coefficient (Wildman–Crippen LogP) is 4.29. The number of esters is 1. The number of sulfonamides is 1. The Bertz CT molecular complexity index is 1280. The van der Waals surface area contributed by atoms with Crippen LogP contribution in [0.1, 0.15) is 41.9 Å². The molecule has 0 atom stereocenters. The van der Waals surface area contributed by atoms with Crippen LogP contribution in [0.15, 0.2) is 53.9 Å². The van der Waals surface area contributed by atoms with Crippen molar-refractivity contribution in [2.75, 3.05) is 21.5 Å². The lowest BCUT2D eigenvalue weighted by Gasteiger charge is -2.18. The third-order valence-corrected chi connectivity index (χ3v) is 8.23. The number of ether oxygens (including phenoxy) is 1. The molecule has 1 amide bonds. The lowest BCUT2D eigenvalue weighted by molar-refractivity contribution is -0.115. The van der Waals surface area contributed by atoms with E-state index in [1.54, 1.807) is 29.6 Å². The highest BCUT2D eigenvalue weighted by Gasteiger charge is 2.28. The first-order chi connectivity index (χ1) is 16.3. The van der Waals surface area contributed by atoms with E-state index in [1.807, 2.05) is 24.3 Å². The molecule has 4 rings (SSSR count). The topological polar surface area (TPSA) is 96.9 Å². The number of rotatable bonds is 7. The minimum absolute atomic E-state index is 0.0435. The zero-order valence-electron chi connectivity index (χ0n) is 18.9. The van der Waals surface area contributed by atoms with Crippen molar-refractivity contribution >= 4 is 49.7 Å². The molecule has 0 aliphatic carbocycles. The average Bonchev–Trinajstić information content (AvgIpc) is 3.43. The van der Waals surface area contributed by atoms with Crippen LogP contribution in [0.3, 0.4) is 0 Å². The molecule has 1 fully saturated rings. The van der Waals surface area contributed by atoms with Crippen LogP contribution < -0.4 is 9.21 Å². The Labute approximate surface area is 202 Å². The van der Waals surface area contributed by atoms with Crippen LogP contribution in [0.5, 0.6) is 0 Å². The van der Waals surface area contributed by atoms with Gasteiger partial charge in [0, 0.05) is 18.8 Å². The molecule has 8 nitrogen and oxygen atoms in total. The Morgan fingerprint density at radius 3 is 2.41 bits per heavy atom. The standard InChI is InChI=1S/C24H25N3O5S2/c1-3-18-5-9-22(10-6-18)27(17(2)28)24-25-20(16-33-24)15-32-23(29)19-7-11-21(12-8-19)26-13-4-14-34(26,30)31/h5-12,16H,3-4,13-15H2,1-2H3. The molecule has 0 saturated carbocycles. The van der Waals surface area contributed by atoms with E-state index in [2.05, 4.69) is 11.9 Å². The van der Waals surface area contributed by atoms with E-state index >= 15 is 0 Å². The van der Waals surface area contributed by atoms with Gasteiger partial charge in [-0.1, -0.05) is 19.1 Å². The number of hydrogen-bond acceptors (Lipinski definition) is 7. The van der Waals surface area contributed by atoms with E-state index in [1.165, 1.54) is 33.0 Å². The number of nitrogens with zero attached hydrogens (tertiary/aromatic N) is 3. The summed E-state index contributed by atoms with van der Waals surface area (Å²) in [6.07, 6.45) is 1.50. The molecule has 0 bridgehead atoms. The number of aryl methyl sites for hydroxylation is 1. The zero-order valence-corrected chi connectivity index (χ0v) is 20.6. The number of amides is 1. The fraction of sp³-hybridized carbons (Fsp3) is 0.292. The summed E-state index contributed by atoms with van der Waals surface area (Å²) in [4.78, 5) is 30.8. The molecular weight excluding hydrogens is 474 g/mol. The van der Waals surface area contributed by atoms with Gasteiger partial charge in [-0.15, -0.1) is 11.3 Å². The number of aromatic nitrogens is 1. The predicted molar refractivity (Wildman–Crippen MR) is 132 cm³/mol. The van der Waals surface area contributed by atoms with Crippen molar-refractivity contribution in [2.24, 2.45) is 0 Å². The summed E-state index contributed by atoms with van der Waals surface area (Å²) < 4.78 is 30.8. The van der Waals surface area contributed by atoms with Crippen molar-refractivity contribution in [3.8, 4) is 0 Å². The van der Waals surface area contributed by atoms with E-state index in [9.17, 15) is 18.0 Å². The molecule has 1 aromatic heterocycles. The van der Waals surface area contributed by atoms with Gasteiger partial charge in [0.05, 0.1) is 28.4 Å². The molecular formula is C24H25N3O5S2. The summed E-state index contributed by atoms with van der Waals surface area (Å²) in [6.45, 7) is 3.95. The molecule has 34 heavy (non-hydrogen) atoms. The monoisotopic (exact) mass is 499 g/mol. The fourth-order valence-electron chi connectivity index (χ4n) is 3.69. The molecule has 1 aliphatic heterocycles. The van der Waals surface area contributed by atoms with Gasteiger partial charge < -0.3 is 4.74 Å². The number of thiazole rings is 1. The van der Waals surface area contributed by atoms with Gasteiger partial charge in [0.15, 0.2) is 5.13 Å². The molecule has 1 aliphatic rings. The van der Waals surface area contributed by atoms with Gasteiger partial charge in [-0.25, -0.2) is 18.2 Å². The highest BCUT2D eigenvalue weighted by Crippen LogP contribution is 2.30. The number of hydrogen-bond donors (Lipinski definition) is 0. The smallest absolute Gasteiger partial charge is 0.338 e.